The standard InChI is InChI=1S/C48H36N2S/c1-48(2)42-16-10-9-15-40(42)41-27-25-38(30-43(41)48)50(36-22-19-32(20-23-36)31-11-5-3-6-12-31)37-24-26-39-35(29-37)18-17-33-21-28-44-46(45(33)39)49-47(51-44)34-13-7-4-8-14-34/h3-30,47,49H,1-2H3. The van der Waals surface area contributed by atoms with Gasteiger partial charge in [0.15, 0.2) is 0 Å². The van der Waals surface area contributed by atoms with E-state index in [1.54, 1.807) is 0 Å². The van der Waals surface area contributed by atoms with Gasteiger partial charge >= 0.3 is 0 Å². The minimum atomic E-state index is -0.0872. The topological polar surface area (TPSA) is 15.3 Å². The predicted octanol–water partition coefficient (Wildman–Crippen LogP) is 13.7. The van der Waals surface area contributed by atoms with Crippen molar-refractivity contribution < 1.29 is 0 Å². The second-order valence-corrected chi connectivity index (χ2v) is 15.4. The molecule has 0 saturated heterocycles. The average molecular weight is 673 g/mol. The molecule has 0 bridgehead atoms. The van der Waals surface area contributed by atoms with E-state index in [9.17, 15) is 0 Å². The quantitative estimate of drug-likeness (QED) is 0.183. The summed E-state index contributed by atoms with van der Waals surface area (Å²) < 4.78 is 0. The fourth-order valence-electron chi connectivity index (χ4n) is 8.28. The van der Waals surface area contributed by atoms with Crippen molar-refractivity contribution in [3.05, 3.63) is 187 Å². The number of fused-ring (bicyclic) bond motifs is 8. The number of anilines is 4. The van der Waals surface area contributed by atoms with Gasteiger partial charge in [0.1, 0.15) is 5.37 Å². The monoisotopic (exact) mass is 672 g/mol. The van der Waals surface area contributed by atoms with Crippen LogP contribution in [0, 0.1) is 0 Å². The lowest BCUT2D eigenvalue weighted by Crippen LogP contribution is -2.16. The van der Waals surface area contributed by atoms with Crippen LogP contribution in [0.1, 0.15) is 35.9 Å². The lowest BCUT2D eigenvalue weighted by atomic mass is 9.82. The maximum absolute atomic E-state index is 3.89. The van der Waals surface area contributed by atoms with Crippen molar-refractivity contribution >= 4 is 56.1 Å². The van der Waals surface area contributed by atoms with Crippen molar-refractivity contribution in [1.29, 1.82) is 0 Å². The van der Waals surface area contributed by atoms with Crippen molar-refractivity contribution in [2.24, 2.45) is 0 Å². The smallest absolute Gasteiger partial charge is 0.103 e. The van der Waals surface area contributed by atoms with E-state index in [0.29, 0.717) is 0 Å². The summed E-state index contributed by atoms with van der Waals surface area (Å²) in [6, 6.07) is 62.4. The summed E-state index contributed by atoms with van der Waals surface area (Å²) in [7, 11) is 0. The van der Waals surface area contributed by atoms with Crippen LogP contribution >= 0.6 is 11.8 Å². The molecule has 0 radical (unpaired) electrons. The molecule has 1 aliphatic carbocycles. The van der Waals surface area contributed by atoms with Gasteiger partial charge in [-0.25, -0.2) is 0 Å². The number of nitrogens with one attached hydrogen (secondary N) is 1. The van der Waals surface area contributed by atoms with Gasteiger partial charge in [-0.2, -0.15) is 0 Å². The van der Waals surface area contributed by atoms with Crippen molar-refractivity contribution in [3.8, 4) is 22.3 Å². The molecule has 51 heavy (non-hydrogen) atoms. The molecule has 0 spiro atoms. The molecule has 0 amide bonds. The predicted molar refractivity (Wildman–Crippen MR) is 218 cm³/mol. The van der Waals surface area contributed by atoms with Gasteiger partial charge in [0, 0.05) is 32.8 Å². The third-order valence-corrected chi connectivity index (χ3v) is 12.1. The number of benzene rings is 8. The third kappa shape index (κ3) is 4.87. The van der Waals surface area contributed by atoms with E-state index < -0.39 is 0 Å². The molecule has 2 aliphatic rings. The molecule has 3 heteroatoms. The number of rotatable bonds is 5. The largest absolute Gasteiger partial charge is 0.368 e. The van der Waals surface area contributed by atoms with E-state index in [4.69, 9.17) is 0 Å². The summed E-state index contributed by atoms with van der Waals surface area (Å²) in [4.78, 5) is 3.72. The number of nitrogens with zero attached hydrogens (tertiary/aromatic N) is 1. The molecule has 1 N–H and O–H groups in total. The fourth-order valence-corrected chi connectivity index (χ4v) is 9.43. The molecule has 0 fully saturated rings. The molecule has 1 atom stereocenters. The highest BCUT2D eigenvalue weighted by Crippen LogP contribution is 2.52. The Morgan fingerprint density at radius 2 is 1.16 bits per heavy atom. The highest BCUT2D eigenvalue weighted by molar-refractivity contribution is 8.00. The van der Waals surface area contributed by atoms with Crippen LogP contribution in [-0.2, 0) is 5.41 Å². The Morgan fingerprint density at radius 1 is 0.529 bits per heavy atom. The summed E-state index contributed by atoms with van der Waals surface area (Å²) in [5.41, 5.74) is 13.7. The molecule has 0 saturated carbocycles. The Labute approximate surface area is 303 Å². The first-order valence-electron chi connectivity index (χ1n) is 17.7. The zero-order valence-electron chi connectivity index (χ0n) is 28.6. The molecular formula is C48H36N2S. The number of thioether (sulfide) groups is 1. The summed E-state index contributed by atoms with van der Waals surface area (Å²) in [6.07, 6.45) is 0. The lowest BCUT2D eigenvalue weighted by Gasteiger charge is -2.28. The normalized spacial score (nSPS) is 15.3. The zero-order chi connectivity index (χ0) is 34.1. The minimum Gasteiger partial charge on any atom is -0.368 e. The second-order valence-electron chi connectivity index (χ2n) is 14.2. The van der Waals surface area contributed by atoms with Crippen LogP contribution in [0.4, 0.5) is 22.7 Å². The Morgan fingerprint density at radius 3 is 1.98 bits per heavy atom. The highest BCUT2D eigenvalue weighted by atomic mass is 32.2. The van der Waals surface area contributed by atoms with Gasteiger partial charge < -0.3 is 10.2 Å². The van der Waals surface area contributed by atoms with Crippen LogP contribution in [0.2, 0.25) is 0 Å². The average Bonchev–Trinajstić information content (AvgIpc) is 3.72. The van der Waals surface area contributed by atoms with Gasteiger partial charge in [-0.3, -0.25) is 0 Å². The lowest BCUT2D eigenvalue weighted by molar-refractivity contribution is 0.660. The van der Waals surface area contributed by atoms with Gasteiger partial charge in [0.25, 0.3) is 0 Å². The maximum Gasteiger partial charge on any atom is 0.103 e. The molecular weight excluding hydrogens is 637 g/mol. The molecule has 8 aromatic carbocycles. The molecule has 8 aromatic rings. The van der Waals surface area contributed by atoms with Crippen LogP contribution in [0.3, 0.4) is 0 Å². The first-order chi connectivity index (χ1) is 25.0. The van der Waals surface area contributed by atoms with Crippen LogP contribution in [0.25, 0.3) is 43.8 Å². The Bertz CT molecular complexity index is 2610. The van der Waals surface area contributed by atoms with Crippen molar-refractivity contribution in [3.63, 3.8) is 0 Å². The maximum atomic E-state index is 3.89. The van der Waals surface area contributed by atoms with Gasteiger partial charge in [-0.1, -0.05) is 153 Å². The van der Waals surface area contributed by atoms with Crippen LogP contribution in [0.5, 0.6) is 0 Å². The summed E-state index contributed by atoms with van der Waals surface area (Å²) in [6.45, 7) is 4.71. The van der Waals surface area contributed by atoms with E-state index in [1.807, 2.05) is 11.8 Å². The highest BCUT2D eigenvalue weighted by Gasteiger charge is 2.35. The van der Waals surface area contributed by atoms with Gasteiger partial charge in [0.05, 0.1) is 5.69 Å². The van der Waals surface area contributed by atoms with Crippen molar-refractivity contribution in [2.45, 2.75) is 29.5 Å². The molecule has 244 valence electrons. The number of hydrogen-bond donors (Lipinski definition) is 1. The zero-order valence-corrected chi connectivity index (χ0v) is 29.4. The van der Waals surface area contributed by atoms with Gasteiger partial charge in [0.2, 0.25) is 0 Å². The minimum absolute atomic E-state index is 0.0872. The van der Waals surface area contributed by atoms with E-state index in [1.165, 1.54) is 71.1 Å². The number of hydrogen-bond acceptors (Lipinski definition) is 3. The van der Waals surface area contributed by atoms with Crippen LogP contribution in [0.15, 0.2) is 175 Å². The Hall–Kier alpha value is -5.77. The van der Waals surface area contributed by atoms with E-state index in [2.05, 4.69) is 194 Å². The van der Waals surface area contributed by atoms with Crippen LogP contribution < -0.4 is 10.2 Å². The fraction of sp³-hybridized carbons (Fsp3) is 0.0833. The molecule has 0 aromatic heterocycles. The molecule has 10 rings (SSSR count). The summed E-state index contributed by atoms with van der Waals surface area (Å²) >= 11 is 1.90. The van der Waals surface area contributed by atoms with Crippen molar-refractivity contribution in [2.75, 3.05) is 10.2 Å². The molecule has 1 heterocycles. The third-order valence-electron chi connectivity index (χ3n) is 10.9. The SMILES string of the molecule is CC1(C)c2ccccc2-c2ccc(N(c3ccc(-c4ccccc4)cc3)c3ccc4c(ccc5ccc6c(c54)NC(c4ccccc4)S6)c3)cc21. The molecule has 1 unspecified atom stereocenters. The summed E-state index contributed by atoms with van der Waals surface area (Å²) in [5, 5.41) is 9.12. The van der Waals surface area contributed by atoms with E-state index in [0.717, 1.165) is 17.1 Å². The first-order valence-corrected chi connectivity index (χ1v) is 18.6. The van der Waals surface area contributed by atoms with Crippen LogP contribution in [-0.4, -0.2) is 0 Å². The van der Waals surface area contributed by atoms with Gasteiger partial charge in [-0.05, 0) is 97.6 Å². The van der Waals surface area contributed by atoms with Gasteiger partial charge in [-0.15, -0.1) is 0 Å². The second kappa shape index (κ2) is 11.7. The Kier molecular flexibility index (Phi) is 6.87. The van der Waals surface area contributed by atoms with E-state index in [-0.39, 0.29) is 10.8 Å². The van der Waals surface area contributed by atoms with Crippen molar-refractivity contribution in [1.82, 2.24) is 0 Å². The summed E-state index contributed by atoms with van der Waals surface area (Å²) in [5.74, 6) is 0. The molecule has 1 aliphatic heterocycles. The molecule has 2 nitrogen and oxygen atoms in total. The first kappa shape index (κ1) is 30.1. The van der Waals surface area contributed by atoms with E-state index >= 15 is 0 Å². The Balaban J connectivity index is 1.11.